The summed E-state index contributed by atoms with van der Waals surface area (Å²) < 4.78 is 1.96. The van der Waals surface area contributed by atoms with Crippen molar-refractivity contribution in [3.63, 3.8) is 0 Å². The van der Waals surface area contributed by atoms with Crippen LogP contribution < -0.4 is 5.32 Å². The molecule has 4 rings (SSSR count). The summed E-state index contributed by atoms with van der Waals surface area (Å²) in [7, 11) is 0. The topological polar surface area (TPSA) is 42.2 Å². The van der Waals surface area contributed by atoms with E-state index in [-0.39, 0.29) is 0 Å². The Morgan fingerprint density at radius 3 is 2.65 bits per heavy atom. The van der Waals surface area contributed by atoms with E-state index in [2.05, 4.69) is 40.8 Å². The smallest absolute Gasteiger partial charge is 0.235 e. The molecule has 0 saturated heterocycles. The zero-order valence-electron chi connectivity index (χ0n) is 14.4. The zero-order valence-corrected chi connectivity index (χ0v) is 16.0. The molecule has 2 aromatic heterocycles. The lowest BCUT2D eigenvalue weighted by atomic mass is 10.1. The van der Waals surface area contributed by atoms with Gasteiger partial charge >= 0.3 is 0 Å². The van der Waals surface area contributed by atoms with E-state index < -0.39 is 0 Å². The molecule has 4 nitrogen and oxygen atoms in total. The molecule has 4 aromatic rings. The van der Waals surface area contributed by atoms with Crippen LogP contribution in [-0.4, -0.2) is 20.6 Å². The van der Waals surface area contributed by atoms with Crippen molar-refractivity contribution in [3.05, 3.63) is 71.5 Å². The zero-order chi connectivity index (χ0) is 18.1. The Kier molecular flexibility index (Phi) is 4.57. The molecular formula is C20H17ClN4S. The highest BCUT2D eigenvalue weighted by atomic mass is 35.5. The Labute approximate surface area is 161 Å². The maximum atomic E-state index is 6.29. The van der Waals surface area contributed by atoms with E-state index in [0.717, 1.165) is 33.3 Å². The lowest BCUT2D eigenvalue weighted by Gasteiger charge is -2.12. The van der Waals surface area contributed by atoms with Crippen LogP contribution in [0.2, 0.25) is 5.02 Å². The van der Waals surface area contributed by atoms with E-state index >= 15 is 0 Å². The van der Waals surface area contributed by atoms with Crippen LogP contribution in [0.15, 0.2) is 65.8 Å². The molecule has 0 aliphatic heterocycles. The molecule has 0 aliphatic rings. The number of aromatic nitrogens is 3. The third kappa shape index (κ3) is 3.04. The van der Waals surface area contributed by atoms with Gasteiger partial charge in [0, 0.05) is 33.6 Å². The molecule has 0 radical (unpaired) electrons. The minimum Gasteiger partial charge on any atom is -0.339 e. The van der Waals surface area contributed by atoms with E-state index in [0.29, 0.717) is 5.78 Å². The van der Waals surface area contributed by atoms with E-state index in [1.807, 2.05) is 41.8 Å². The fourth-order valence-corrected chi connectivity index (χ4v) is 3.41. The SMILES string of the molecule is CSc1ccc(-c2nc3ncccn3c2Nc2cccc(Cl)c2C)cc1. The van der Waals surface area contributed by atoms with Gasteiger partial charge in [-0.15, -0.1) is 11.8 Å². The van der Waals surface area contributed by atoms with Crippen LogP contribution in [0.3, 0.4) is 0 Å². The highest BCUT2D eigenvalue weighted by Gasteiger charge is 2.16. The number of nitrogens with one attached hydrogen (secondary N) is 1. The van der Waals surface area contributed by atoms with Crippen molar-refractivity contribution in [3.8, 4) is 11.3 Å². The van der Waals surface area contributed by atoms with E-state index in [4.69, 9.17) is 16.6 Å². The molecule has 0 aliphatic carbocycles. The van der Waals surface area contributed by atoms with Gasteiger partial charge in [-0.2, -0.15) is 0 Å². The van der Waals surface area contributed by atoms with Gasteiger partial charge < -0.3 is 5.32 Å². The van der Waals surface area contributed by atoms with Crippen LogP contribution in [0.5, 0.6) is 0 Å². The van der Waals surface area contributed by atoms with Gasteiger partial charge in [-0.05, 0) is 49.1 Å². The van der Waals surface area contributed by atoms with Crippen LogP contribution in [-0.2, 0) is 0 Å². The number of thioether (sulfide) groups is 1. The van der Waals surface area contributed by atoms with Crippen molar-refractivity contribution in [2.75, 3.05) is 11.6 Å². The van der Waals surface area contributed by atoms with Crippen LogP contribution >= 0.6 is 23.4 Å². The molecule has 130 valence electrons. The van der Waals surface area contributed by atoms with Gasteiger partial charge in [0.1, 0.15) is 11.5 Å². The third-order valence-electron chi connectivity index (χ3n) is 4.29. The van der Waals surface area contributed by atoms with Crippen LogP contribution in [0.1, 0.15) is 5.56 Å². The second kappa shape index (κ2) is 7.02. The number of benzene rings is 2. The maximum absolute atomic E-state index is 6.29. The van der Waals surface area contributed by atoms with Gasteiger partial charge in [-0.3, -0.25) is 4.40 Å². The fraction of sp³-hybridized carbons (Fsp3) is 0.100. The number of fused-ring (bicyclic) bond motifs is 1. The van der Waals surface area contributed by atoms with Crippen molar-refractivity contribution in [2.45, 2.75) is 11.8 Å². The lowest BCUT2D eigenvalue weighted by Crippen LogP contribution is -1.99. The normalized spacial score (nSPS) is 11.0. The Morgan fingerprint density at radius 2 is 1.88 bits per heavy atom. The second-order valence-corrected chi connectivity index (χ2v) is 7.15. The summed E-state index contributed by atoms with van der Waals surface area (Å²) in [5.74, 6) is 1.52. The van der Waals surface area contributed by atoms with Crippen molar-refractivity contribution < 1.29 is 0 Å². The monoisotopic (exact) mass is 380 g/mol. The van der Waals surface area contributed by atoms with E-state index in [9.17, 15) is 0 Å². The van der Waals surface area contributed by atoms with E-state index in [1.54, 1.807) is 18.0 Å². The Bertz CT molecular complexity index is 1070. The average Bonchev–Trinajstić information content (AvgIpc) is 3.04. The summed E-state index contributed by atoms with van der Waals surface area (Å²) in [5.41, 5.74) is 3.84. The predicted octanol–water partition coefficient (Wildman–Crippen LogP) is 5.82. The van der Waals surface area contributed by atoms with Gasteiger partial charge in [0.2, 0.25) is 5.78 Å². The molecule has 0 bridgehead atoms. The first kappa shape index (κ1) is 16.9. The Morgan fingerprint density at radius 1 is 1.08 bits per heavy atom. The molecule has 0 amide bonds. The number of hydrogen-bond acceptors (Lipinski definition) is 4. The largest absolute Gasteiger partial charge is 0.339 e. The maximum Gasteiger partial charge on any atom is 0.235 e. The van der Waals surface area contributed by atoms with Gasteiger partial charge in [0.15, 0.2) is 0 Å². The third-order valence-corrected chi connectivity index (χ3v) is 5.44. The molecule has 0 unspecified atom stereocenters. The van der Waals surface area contributed by atoms with Crippen molar-refractivity contribution in [1.82, 2.24) is 14.4 Å². The first-order valence-corrected chi connectivity index (χ1v) is 9.77. The molecule has 26 heavy (non-hydrogen) atoms. The summed E-state index contributed by atoms with van der Waals surface area (Å²) in [6, 6.07) is 16.1. The summed E-state index contributed by atoms with van der Waals surface area (Å²) >= 11 is 8.01. The molecule has 2 heterocycles. The van der Waals surface area contributed by atoms with Gasteiger partial charge in [0.05, 0.1) is 0 Å². The number of hydrogen-bond donors (Lipinski definition) is 1. The number of halogens is 1. The van der Waals surface area contributed by atoms with Crippen LogP contribution in [0.4, 0.5) is 11.5 Å². The molecule has 0 fully saturated rings. The first-order valence-electron chi connectivity index (χ1n) is 8.17. The predicted molar refractivity (Wildman–Crippen MR) is 110 cm³/mol. The number of rotatable bonds is 4. The van der Waals surface area contributed by atoms with Gasteiger partial charge in [-0.25, -0.2) is 9.97 Å². The van der Waals surface area contributed by atoms with Gasteiger partial charge in [-0.1, -0.05) is 29.8 Å². The minimum atomic E-state index is 0.652. The molecular weight excluding hydrogens is 364 g/mol. The summed E-state index contributed by atoms with van der Waals surface area (Å²) in [5, 5.41) is 4.23. The Hall–Kier alpha value is -2.50. The standard InChI is InChI=1S/C20H17ClN4S/c1-13-16(21)5-3-6-17(13)23-19-18(14-7-9-15(26-2)10-8-14)24-20-22-11-4-12-25(19)20/h3-12,23H,1-2H3. The Balaban J connectivity index is 1.87. The van der Waals surface area contributed by atoms with Crippen molar-refractivity contribution in [2.24, 2.45) is 0 Å². The quantitative estimate of drug-likeness (QED) is 0.453. The molecule has 6 heteroatoms. The molecule has 2 aromatic carbocycles. The number of anilines is 2. The fourth-order valence-electron chi connectivity index (χ4n) is 2.83. The van der Waals surface area contributed by atoms with Crippen LogP contribution in [0, 0.1) is 6.92 Å². The number of nitrogens with zero attached hydrogens (tertiary/aromatic N) is 3. The van der Waals surface area contributed by atoms with E-state index in [1.165, 1.54) is 4.90 Å². The molecule has 0 atom stereocenters. The van der Waals surface area contributed by atoms with Crippen molar-refractivity contribution >= 4 is 40.6 Å². The minimum absolute atomic E-state index is 0.652. The highest BCUT2D eigenvalue weighted by molar-refractivity contribution is 7.98. The first-order chi connectivity index (χ1) is 12.7. The molecule has 0 saturated carbocycles. The lowest BCUT2D eigenvalue weighted by molar-refractivity contribution is 1.11. The number of imidazole rings is 1. The van der Waals surface area contributed by atoms with Crippen LogP contribution in [0.25, 0.3) is 17.0 Å². The second-order valence-electron chi connectivity index (χ2n) is 5.86. The highest BCUT2D eigenvalue weighted by Crippen LogP contribution is 2.33. The van der Waals surface area contributed by atoms with Gasteiger partial charge in [0.25, 0.3) is 0 Å². The summed E-state index contributed by atoms with van der Waals surface area (Å²) in [4.78, 5) is 10.3. The molecule has 1 N–H and O–H groups in total. The van der Waals surface area contributed by atoms with Crippen molar-refractivity contribution in [1.29, 1.82) is 0 Å². The summed E-state index contributed by atoms with van der Waals surface area (Å²) in [6.07, 6.45) is 5.77. The molecule has 0 spiro atoms. The average molecular weight is 381 g/mol. The summed E-state index contributed by atoms with van der Waals surface area (Å²) in [6.45, 7) is 2.00.